The maximum atomic E-state index is 4.19. The van der Waals surface area contributed by atoms with Crippen molar-refractivity contribution in [2.75, 3.05) is 5.33 Å². The van der Waals surface area contributed by atoms with Crippen molar-refractivity contribution in [1.29, 1.82) is 0 Å². The smallest absolute Gasteiger partial charge is 0.131 e. The Morgan fingerprint density at radius 2 is 2.33 bits per heavy atom. The van der Waals surface area contributed by atoms with Crippen LogP contribution in [0.4, 0.5) is 0 Å². The van der Waals surface area contributed by atoms with Crippen LogP contribution in [-0.4, -0.2) is 15.3 Å². The van der Waals surface area contributed by atoms with Crippen molar-refractivity contribution >= 4 is 15.9 Å². The van der Waals surface area contributed by atoms with E-state index in [0.717, 1.165) is 23.1 Å². The molecule has 1 aromatic rings. The molecule has 0 atom stereocenters. The molecule has 0 N–H and O–H groups in total. The van der Waals surface area contributed by atoms with Crippen LogP contribution in [0.15, 0.2) is 12.4 Å². The molecular weight excluding hydrogens is 216 g/mol. The summed E-state index contributed by atoms with van der Waals surface area (Å²) in [4.78, 5) is 8.18. The minimum absolute atomic E-state index is 0.746. The molecule has 0 aromatic carbocycles. The van der Waals surface area contributed by atoms with Gasteiger partial charge in [-0.05, 0) is 12.8 Å². The second-order valence-electron chi connectivity index (χ2n) is 2.29. The van der Waals surface area contributed by atoms with Gasteiger partial charge in [-0.2, -0.15) is 0 Å². The standard InChI is InChI=1S/C9H9BrN2/c1-8-6-11-7-9(12-8)4-2-3-5-10/h6-7H,3,5H2,1H3. The zero-order chi connectivity index (χ0) is 8.81. The molecule has 0 aliphatic carbocycles. The Morgan fingerprint density at radius 1 is 1.50 bits per heavy atom. The number of nitrogens with zero attached hydrogens (tertiary/aromatic N) is 2. The first-order chi connectivity index (χ1) is 5.83. The fourth-order valence-electron chi connectivity index (χ4n) is 0.724. The fraction of sp³-hybridized carbons (Fsp3) is 0.333. The van der Waals surface area contributed by atoms with Crippen molar-refractivity contribution < 1.29 is 0 Å². The first-order valence-electron chi connectivity index (χ1n) is 3.66. The van der Waals surface area contributed by atoms with Crippen LogP contribution in [0.25, 0.3) is 0 Å². The lowest BCUT2D eigenvalue weighted by molar-refractivity contribution is 1.10. The predicted octanol–water partition coefficient (Wildman–Crippen LogP) is 1.92. The molecule has 0 aliphatic rings. The van der Waals surface area contributed by atoms with E-state index in [0.29, 0.717) is 0 Å². The van der Waals surface area contributed by atoms with Crippen LogP contribution in [0.5, 0.6) is 0 Å². The second-order valence-corrected chi connectivity index (χ2v) is 3.08. The van der Waals surface area contributed by atoms with E-state index in [1.54, 1.807) is 12.4 Å². The van der Waals surface area contributed by atoms with Gasteiger partial charge in [-0.3, -0.25) is 4.98 Å². The third-order valence-electron chi connectivity index (χ3n) is 1.19. The molecule has 0 spiro atoms. The highest BCUT2D eigenvalue weighted by Gasteiger charge is 1.88. The van der Waals surface area contributed by atoms with E-state index in [1.807, 2.05) is 6.92 Å². The topological polar surface area (TPSA) is 25.8 Å². The van der Waals surface area contributed by atoms with Crippen molar-refractivity contribution in [3.8, 4) is 11.8 Å². The number of aromatic nitrogens is 2. The first kappa shape index (κ1) is 9.21. The predicted molar refractivity (Wildman–Crippen MR) is 52.1 cm³/mol. The highest BCUT2D eigenvalue weighted by Crippen LogP contribution is 1.92. The number of hydrogen-bond acceptors (Lipinski definition) is 2. The summed E-state index contributed by atoms with van der Waals surface area (Å²) in [5.74, 6) is 5.91. The maximum absolute atomic E-state index is 4.19. The van der Waals surface area contributed by atoms with E-state index in [9.17, 15) is 0 Å². The number of alkyl halides is 1. The molecule has 3 heteroatoms. The highest BCUT2D eigenvalue weighted by atomic mass is 79.9. The van der Waals surface area contributed by atoms with Gasteiger partial charge in [0, 0.05) is 17.9 Å². The molecule has 0 radical (unpaired) electrons. The van der Waals surface area contributed by atoms with Crippen LogP contribution in [0.2, 0.25) is 0 Å². The van der Waals surface area contributed by atoms with E-state index in [-0.39, 0.29) is 0 Å². The lowest BCUT2D eigenvalue weighted by Crippen LogP contribution is -1.87. The van der Waals surface area contributed by atoms with Gasteiger partial charge in [0.15, 0.2) is 0 Å². The minimum atomic E-state index is 0.746. The van der Waals surface area contributed by atoms with Crippen molar-refractivity contribution in [3.63, 3.8) is 0 Å². The molecule has 0 aliphatic heterocycles. The average Bonchev–Trinajstić information content (AvgIpc) is 2.05. The number of rotatable bonds is 1. The molecular formula is C9H9BrN2. The number of halogens is 1. The van der Waals surface area contributed by atoms with Crippen molar-refractivity contribution in [2.24, 2.45) is 0 Å². The van der Waals surface area contributed by atoms with Gasteiger partial charge in [0.25, 0.3) is 0 Å². The Labute approximate surface area is 80.6 Å². The van der Waals surface area contributed by atoms with Crippen LogP contribution in [0.3, 0.4) is 0 Å². The Kier molecular flexibility index (Phi) is 3.75. The molecule has 1 rings (SSSR count). The monoisotopic (exact) mass is 224 g/mol. The summed E-state index contributed by atoms with van der Waals surface area (Å²) in [6, 6.07) is 0. The number of hydrogen-bond donors (Lipinski definition) is 0. The molecule has 0 unspecified atom stereocenters. The van der Waals surface area contributed by atoms with E-state index in [1.165, 1.54) is 0 Å². The third kappa shape index (κ3) is 3.02. The Bertz CT molecular complexity index is 312. The Morgan fingerprint density at radius 3 is 3.00 bits per heavy atom. The van der Waals surface area contributed by atoms with Crippen LogP contribution in [-0.2, 0) is 0 Å². The average molecular weight is 225 g/mol. The molecule has 0 amide bonds. The van der Waals surface area contributed by atoms with Gasteiger partial charge in [0.1, 0.15) is 5.69 Å². The van der Waals surface area contributed by atoms with E-state index >= 15 is 0 Å². The Balaban J connectivity index is 2.71. The summed E-state index contributed by atoms with van der Waals surface area (Å²) < 4.78 is 0. The molecule has 0 saturated heterocycles. The summed E-state index contributed by atoms with van der Waals surface area (Å²) >= 11 is 3.30. The zero-order valence-electron chi connectivity index (χ0n) is 6.84. The molecule has 12 heavy (non-hydrogen) atoms. The van der Waals surface area contributed by atoms with Gasteiger partial charge in [-0.25, -0.2) is 4.98 Å². The van der Waals surface area contributed by atoms with Crippen LogP contribution < -0.4 is 0 Å². The second kappa shape index (κ2) is 4.89. The van der Waals surface area contributed by atoms with Gasteiger partial charge in [-0.1, -0.05) is 21.9 Å². The third-order valence-corrected chi connectivity index (χ3v) is 1.59. The van der Waals surface area contributed by atoms with E-state index in [4.69, 9.17) is 0 Å². The normalized spacial score (nSPS) is 8.83. The van der Waals surface area contributed by atoms with Gasteiger partial charge in [0.05, 0.1) is 11.9 Å². The van der Waals surface area contributed by atoms with Gasteiger partial charge < -0.3 is 0 Å². The summed E-state index contributed by atoms with van der Waals surface area (Å²) in [5.41, 5.74) is 1.65. The van der Waals surface area contributed by atoms with E-state index in [2.05, 4.69) is 37.7 Å². The summed E-state index contributed by atoms with van der Waals surface area (Å²) in [5, 5.41) is 0.902. The highest BCUT2D eigenvalue weighted by molar-refractivity contribution is 9.09. The van der Waals surface area contributed by atoms with Gasteiger partial charge in [-0.15, -0.1) is 0 Å². The maximum Gasteiger partial charge on any atom is 0.131 e. The molecule has 0 fully saturated rings. The largest absolute Gasteiger partial charge is 0.260 e. The summed E-state index contributed by atoms with van der Waals surface area (Å²) in [7, 11) is 0. The number of aryl methyl sites for hydroxylation is 1. The van der Waals surface area contributed by atoms with E-state index < -0.39 is 0 Å². The quantitative estimate of drug-likeness (QED) is 0.539. The van der Waals surface area contributed by atoms with Crippen LogP contribution in [0.1, 0.15) is 17.8 Å². The summed E-state index contributed by atoms with van der Waals surface area (Å²) in [6.45, 7) is 1.91. The molecule has 2 nitrogen and oxygen atoms in total. The van der Waals surface area contributed by atoms with Crippen molar-refractivity contribution in [1.82, 2.24) is 9.97 Å². The lowest BCUT2D eigenvalue weighted by atomic mass is 10.4. The zero-order valence-corrected chi connectivity index (χ0v) is 8.43. The van der Waals surface area contributed by atoms with Crippen LogP contribution >= 0.6 is 15.9 Å². The van der Waals surface area contributed by atoms with Gasteiger partial charge >= 0.3 is 0 Å². The fourth-order valence-corrected chi connectivity index (χ4v) is 0.922. The van der Waals surface area contributed by atoms with Crippen LogP contribution in [0, 0.1) is 18.8 Å². The molecule has 0 bridgehead atoms. The summed E-state index contributed by atoms with van der Waals surface area (Å²) in [6.07, 6.45) is 4.24. The minimum Gasteiger partial charge on any atom is -0.260 e. The SMILES string of the molecule is Cc1cncc(C#CCCBr)n1. The molecule has 1 heterocycles. The first-order valence-corrected chi connectivity index (χ1v) is 4.78. The van der Waals surface area contributed by atoms with Crippen molar-refractivity contribution in [3.05, 3.63) is 23.8 Å². The van der Waals surface area contributed by atoms with Gasteiger partial charge in [0.2, 0.25) is 0 Å². The molecule has 62 valence electrons. The molecule has 1 aromatic heterocycles. The Hall–Kier alpha value is -0.880. The molecule has 0 saturated carbocycles. The lowest BCUT2D eigenvalue weighted by Gasteiger charge is -1.90. The van der Waals surface area contributed by atoms with Crippen molar-refractivity contribution in [2.45, 2.75) is 13.3 Å².